The minimum atomic E-state index is -0.236. The molecule has 2 aromatic carbocycles. The highest BCUT2D eigenvalue weighted by Gasteiger charge is 2.39. The van der Waals surface area contributed by atoms with Crippen molar-refractivity contribution in [2.75, 3.05) is 11.8 Å². The molecule has 1 aliphatic carbocycles. The first-order chi connectivity index (χ1) is 10.8. The van der Waals surface area contributed by atoms with E-state index in [4.69, 9.17) is 23.2 Å². The van der Waals surface area contributed by atoms with E-state index in [2.05, 4.69) is 66.8 Å². The van der Waals surface area contributed by atoms with Crippen LogP contribution in [0.5, 0.6) is 0 Å². The van der Waals surface area contributed by atoms with E-state index in [-0.39, 0.29) is 11.3 Å². The summed E-state index contributed by atoms with van der Waals surface area (Å²) in [5.41, 5.74) is 3.41. The third-order valence-corrected chi connectivity index (χ3v) is 5.13. The first-order valence-electron chi connectivity index (χ1n) is 7.42. The van der Waals surface area contributed by atoms with E-state index in [1.165, 1.54) is 11.1 Å². The van der Waals surface area contributed by atoms with Crippen LogP contribution in [0.3, 0.4) is 0 Å². The van der Waals surface area contributed by atoms with Gasteiger partial charge in [0.25, 0.3) is 0 Å². The maximum Gasteiger partial charge on any atom is 0.0471 e. The van der Waals surface area contributed by atoms with E-state index in [0.29, 0.717) is 11.8 Å². The second kappa shape index (κ2) is 6.73. The lowest BCUT2D eigenvalue weighted by Crippen LogP contribution is -2.34. The molecule has 0 radical (unpaired) electrons. The molecule has 0 spiro atoms. The monoisotopic (exact) mass is 328 g/mol. The number of allylic oxidation sites excluding steroid dienone is 4. The predicted molar refractivity (Wildman–Crippen MR) is 96.0 cm³/mol. The summed E-state index contributed by atoms with van der Waals surface area (Å²) < 4.78 is 0. The summed E-state index contributed by atoms with van der Waals surface area (Å²) in [6.07, 6.45) is 6.60. The van der Waals surface area contributed by atoms with Gasteiger partial charge in [0.1, 0.15) is 0 Å². The predicted octanol–water partition coefficient (Wildman–Crippen LogP) is 5.68. The fraction of sp³-hybridized carbons (Fsp3) is 0.200. The van der Waals surface area contributed by atoms with Gasteiger partial charge in [0, 0.05) is 23.1 Å². The van der Waals surface area contributed by atoms with Crippen molar-refractivity contribution in [3.63, 3.8) is 0 Å². The number of alkyl halides is 2. The number of hydrogen-bond acceptors (Lipinski definition) is 0. The van der Waals surface area contributed by atoms with Gasteiger partial charge in [0.2, 0.25) is 0 Å². The second-order valence-corrected chi connectivity index (χ2v) is 6.17. The van der Waals surface area contributed by atoms with Gasteiger partial charge >= 0.3 is 0 Å². The fourth-order valence-corrected chi connectivity index (χ4v) is 3.74. The van der Waals surface area contributed by atoms with Crippen LogP contribution < -0.4 is 0 Å². The Hall–Kier alpha value is -1.50. The highest BCUT2D eigenvalue weighted by molar-refractivity contribution is 6.20. The molecule has 2 atom stereocenters. The molecule has 0 amide bonds. The molecule has 2 aromatic rings. The Balaban J connectivity index is 2.15. The zero-order valence-electron chi connectivity index (χ0n) is 12.3. The maximum absolute atomic E-state index is 6.49. The number of rotatable bonds is 4. The molecule has 22 heavy (non-hydrogen) atoms. The first kappa shape index (κ1) is 15.4. The van der Waals surface area contributed by atoms with Crippen LogP contribution in [0.1, 0.15) is 17.0 Å². The van der Waals surface area contributed by atoms with Gasteiger partial charge in [-0.15, -0.1) is 23.2 Å². The quantitative estimate of drug-likeness (QED) is 0.633. The maximum atomic E-state index is 6.49. The molecule has 0 N–H and O–H groups in total. The van der Waals surface area contributed by atoms with Gasteiger partial charge in [-0.2, -0.15) is 0 Å². The molecule has 0 saturated carbocycles. The van der Waals surface area contributed by atoms with E-state index < -0.39 is 0 Å². The third-order valence-electron chi connectivity index (χ3n) is 4.38. The van der Waals surface area contributed by atoms with Gasteiger partial charge in [-0.1, -0.05) is 78.9 Å². The smallest absolute Gasteiger partial charge is 0.0471 e. The third kappa shape index (κ3) is 2.74. The van der Waals surface area contributed by atoms with E-state index >= 15 is 0 Å². The Morgan fingerprint density at radius 1 is 0.864 bits per heavy atom. The SMILES string of the molecule is ClCC1=CC(c2ccccc2)C(CCl)(c2ccccc2)C=C1. The molecule has 0 nitrogen and oxygen atoms in total. The van der Waals surface area contributed by atoms with Crippen LogP contribution in [-0.4, -0.2) is 11.8 Å². The topological polar surface area (TPSA) is 0 Å². The van der Waals surface area contributed by atoms with Crippen LogP contribution in [0.4, 0.5) is 0 Å². The van der Waals surface area contributed by atoms with Crippen molar-refractivity contribution in [2.24, 2.45) is 0 Å². The van der Waals surface area contributed by atoms with Crippen molar-refractivity contribution in [3.05, 3.63) is 95.6 Å². The molecule has 0 bridgehead atoms. The summed E-state index contributed by atoms with van der Waals surface area (Å²) in [5, 5.41) is 0. The zero-order valence-corrected chi connectivity index (χ0v) is 13.8. The lowest BCUT2D eigenvalue weighted by molar-refractivity contribution is 0.528. The Kier molecular flexibility index (Phi) is 4.71. The fourth-order valence-electron chi connectivity index (χ4n) is 3.15. The summed E-state index contributed by atoms with van der Waals surface area (Å²) in [5.74, 6) is 1.24. The molecule has 112 valence electrons. The average Bonchev–Trinajstić information content (AvgIpc) is 2.62. The first-order valence-corrected chi connectivity index (χ1v) is 8.49. The Bertz CT molecular complexity index is 673. The van der Waals surface area contributed by atoms with Crippen LogP contribution >= 0.6 is 23.2 Å². The van der Waals surface area contributed by atoms with Gasteiger partial charge in [-0.3, -0.25) is 0 Å². The molecule has 0 aliphatic heterocycles. The normalized spacial score (nSPS) is 24.1. The number of hydrogen-bond donors (Lipinski definition) is 0. The van der Waals surface area contributed by atoms with Crippen molar-refractivity contribution < 1.29 is 0 Å². The van der Waals surface area contributed by atoms with E-state index in [9.17, 15) is 0 Å². The molecule has 1 aliphatic rings. The van der Waals surface area contributed by atoms with Crippen LogP contribution in [0.2, 0.25) is 0 Å². The zero-order chi connectivity index (χ0) is 15.4. The van der Waals surface area contributed by atoms with Crippen molar-refractivity contribution in [3.8, 4) is 0 Å². The minimum Gasteiger partial charge on any atom is -0.125 e. The average molecular weight is 329 g/mol. The van der Waals surface area contributed by atoms with Crippen LogP contribution in [-0.2, 0) is 5.41 Å². The summed E-state index contributed by atoms with van der Waals surface area (Å²) >= 11 is 12.6. The van der Waals surface area contributed by atoms with E-state index in [0.717, 1.165) is 5.57 Å². The molecule has 0 aromatic heterocycles. The van der Waals surface area contributed by atoms with E-state index in [1.54, 1.807) is 0 Å². The van der Waals surface area contributed by atoms with Gasteiger partial charge in [-0.05, 0) is 16.7 Å². The van der Waals surface area contributed by atoms with Gasteiger partial charge in [-0.25, -0.2) is 0 Å². The molecule has 2 unspecified atom stereocenters. The standard InChI is InChI=1S/C20H18Cl2/c21-14-16-11-12-20(15-22,18-9-5-2-6-10-18)19(13-16)17-7-3-1-4-8-17/h1-13,19H,14-15H2. The molecule has 3 rings (SSSR count). The largest absolute Gasteiger partial charge is 0.125 e. The summed E-state index contributed by atoms with van der Waals surface area (Å²) in [6, 6.07) is 21.0. The molecular formula is C20H18Cl2. The van der Waals surface area contributed by atoms with E-state index in [1.807, 2.05) is 12.1 Å². The molecule has 2 heteroatoms. The Labute approximate surface area is 142 Å². The van der Waals surface area contributed by atoms with Crippen LogP contribution in [0, 0.1) is 0 Å². The Morgan fingerprint density at radius 2 is 1.50 bits per heavy atom. The highest BCUT2D eigenvalue weighted by Crippen LogP contribution is 2.45. The summed E-state index contributed by atoms with van der Waals surface area (Å²) in [7, 11) is 0. The number of benzene rings is 2. The summed E-state index contributed by atoms with van der Waals surface area (Å²) in [4.78, 5) is 0. The molecular weight excluding hydrogens is 311 g/mol. The van der Waals surface area contributed by atoms with Gasteiger partial charge < -0.3 is 0 Å². The molecule has 0 saturated heterocycles. The number of halogens is 2. The minimum absolute atomic E-state index is 0.187. The van der Waals surface area contributed by atoms with Crippen molar-refractivity contribution >= 4 is 23.2 Å². The second-order valence-electron chi connectivity index (χ2n) is 5.64. The molecule has 0 heterocycles. The Morgan fingerprint density at radius 3 is 2.09 bits per heavy atom. The van der Waals surface area contributed by atoms with Crippen LogP contribution in [0.15, 0.2) is 84.5 Å². The van der Waals surface area contributed by atoms with Gasteiger partial charge in [0.15, 0.2) is 0 Å². The van der Waals surface area contributed by atoms with Crippen LogP contribution in [0.25, 0.3) is 0 Å². The molecule has 0 fully saturated rings. The lowest BCUT2D eigenvalue weighted by Gasteiger charge is -2.39. The summed E-state index contributed by atoms with van der Waals surface area (Å²) in [6.45, 7) is 0. The van der Waals surface area contributed by atoms with Crippen molar-refractivity contribution in [1.29, 1.82) is 0 Å². The van der Waals surface area contributed by atoms with Crippen molar-refractivity contribution in [2.45, 2.75) is 11.3 Å². The van der Waals surface area contributed by atoms with Gasteiger partial charge in [0.05, 0.1) is 0 Å². The highest BCUT2D eigenvalue weighted by atomic mass is 35.5. The van der Waals surface area contributed by atoms with Crippen molar-refractivity contribution in [1.82, 2.24) is 0 Å². The lowest BCUT2D eigenvalue weighted by atomic mass is 9.66.